The van der Waals surface area contributed by atoms with E-state index in [0.717, 1.165) is 81.8 Å². The normalized spacial score (nSPS) is 32.3. The molecule has 4 aliphatic rings. The Balaban J connectivity index is 1.08. The SMILES string of the molecule is C[C@]12CCC3c4ccc(O)cc4[C@@H](O)[C@@H](CCCCCCCCCS(=O)(=O)CCCC(F)(F)C(F)(F)F)C3C1C[C@@H](O)C21CC1. The van der Waals surface area contributed by atoms with Gasteiger partial charge in [0.15, 0.2) is 0 Å². The Morgan fingerprint density at radius 2 is 1.49 bits per heavy atom. The molecule has 0 aliphatic heterocycles. The van der Waals surface area contributed by atoms with Gasteiger partial charge in [0.1, 0.15) is 15.6 Å². The highest BCUT2D eigenvalue weighted by Crippen LogP contribution is 2.76. The lowest BCUT2D eigenvalue weighted by atomic mass is 9.50. The van der Waals surface area contributed by atoms with Crippen molar-refractivity contribution in [2.24, 2.45) is 28.6 Å². The summed E-state index contributed by atoms with van der Waals surface area (Å²) < 4.78 is 87.0. The summed E-state index contributed by atoms with van der Waals surface area (Å²) in [6, 6.07) is 5.43. The predicted molar refractivity (Wildman–Crippen MR) is 162 cm³/mol. The highest BCUT2D eigenvalue weighted by Gasteiger charge is 2.71. The quantitative estimate of drug-likeness (QED) is 0.138. The Labute approximate surface area is 263 Å². The minimum Gasteiger partial charge on any atom is -0.508 e. The first-order chi connectivity index (χ1) is 21.0. The van der Waals surface area contributed by atoms with Crippen molar-refractivity contribution in [2.75, 3.05) is 11.5 Å². The fourth-order valence-corrected chi connectivity index (χ4v) is 11.1. The molecule has 0 saturated heterocycles. The Kier molecular flexibility index (Phi) is 9.97. The largest absolute Gasteiger partial charge is 0.508 e. The van der Waals surface area contributed by atoms with Crippen LogP contribution in [0.1, 0.15) is 126 Å². The van der Waals surface area contributed by atoms with Crippen LogP contribution in [0.5, 0.6) is 5.75 Å². The first kappa shape index (κ1) is 34.9. The lowest BCUT2D eigenvalue weighted by Crippen LogP contribution is -2.47. The monoisotopic (exact) mass is 664 g/mol. The Morgan fingerprint density at radius 1 is 0.867 bits per heavy atom. The third-order valence-electron chi connectivity index (χ3n) is 12.3. The smallest absolute Gasteiger partial charge is 0.453 e. The molecule has 0 bridgehead atoms. The van der Waals surface area contributed by atoms with Crippen LogP contribution in [0.15, 0.2) is 18.2 Å². The van der Waals surface area contributed by atoms with Gasteiger partial charge in [-0.1, -0.05) is 51.5 Å². The molecule has 3 saturated carbocycles. The number of halogens is 5. The molecule has 0 amide bonds. The standard InChI is InChI=1S/C34H49F5O5S/c1-31-15-13-24-23-12-11-22(40)20-26(23)30(42)25(29(24)27(31)21-28(41)32(31)16-17-32)10-7-5-3-2-4-6-8-18-45(43,44)19-9-14-33(35,36)34(37,38)39/h11-12,20,24-25,27-30,40-42H,2-10,13-19,21H2,1H3/t24?,25-,27?,28+,29?,30-,31-/m0/s1. The van der Waals surface area contributed by atoms with Gasteiger partial charge < -0.3 is 15.3 Å². The summed E-state index contributed by atoms with van der Waals surface area (Å²) in [5, 5.41) is 33.1. The first-order valence-electron chi connectivity index (χ1n) is 16.9. The molecule has 0 radical (unpaired) electrons. The number of benzene rings is 1. The van der Waals surface area contributed by atoms with E-state index in [0.29, 0.717) is 24.7 Å². The van der Waals surface area contributed by atoms with Gasteiger partial charge in [-0.15, -0.1) is 0 Å². The highest BCUT2D eigenvalue weighted by molar-refractivity contribution is 7.91. The van der Waals surface area contributed by atoms with E-state index in [1.165, 1.54) is 0 Å². The maximum Gasteiger partial charge on any atom is 0.453 e. The van der Waals surface area contributed by atoms with E-state index >= 15 is 0 Å². The molecule has 1 aromatic carbocycles. The fourth-order valence-electron chi connectivity index (χ4n) is 9.71. The number of rotatable bonds is 14. The van der Waals surface area contributed by atoms with Gasteiger partial charge in [0.2, 0.25) is 0 Å². The molecule has 4 aliphatic carbocycles. The number of phenolic OH excluding ortho intramolecular Hbond substituents is 1. The van der Waals surface area contributed by atoms with Crippen molar-refractivity contribution in [1.82, 2.24) is 0 Å². The van der Waals surface area contributed by atoms with E-state index in [4.69, 9.17) is 0 Å². The van der Waals surface area contributed by atoms with Crippen molar-refractivity contribution < 1.29 is 45.7 Å². The van der Waals surface area contributed by atoms with Crippen LogP contribution in [-0.2, 0) is 9.84 Å². The summed E-state index contributed by atoms with van der Waals surface area (Å²) in [6.45, 7) is 2.38. The molecule has 5 rings (SSSR count). The average Bonchev–Trinajstić information content (AvgIpc) is 3.73. The second kappa shape index (κ2) is 12.9. The molecule has 1 aromatic rings. The van der Waals surface area contributed by atoms with Crippen LogP contribution in [-0.4, -0.2) is 53.4 Å². The number of hydrogen-bond acceptors (Lipinski definition) is 5. The minimum absolute atomic E-state index is 0.0362. The lowest BCUT2D eigenvalue weighted by molar-refractivity contribution is -0.284. The Hall–Kier alpha value is -1.46. The predicted octanol–water partition coefficient (Wildman–Crippen LogP) is 8.23. The Bertz CT molecular complexity index is 1300. The van der Waals surface area contributed by atoms with Gasteiger partial charge in [-0.05, 0) is 104 Å². The molecule has 7 atom stereocenters. The molecule has 0 aromatic heterocycles. The third-order valence-corrected chi connectivity index (χ3v) is 14.1. The van der Waals surface area contributed by atoms with Crippen LogP contribution < -0.4 is 0 Å². The van der Waals surface area contributed by atoms with Crippen molar-refractivity contribution in [3.05, 3.63) is 29.3 Å². The van der Waals surface area contributed by atoms with Crippen molar-refractivity contribution >= 4 is 9.84 Å². The molecule has 3 fully saturated rings. The van der Waals surface area contributed by atoms with Gasteiger partial charge >= 0.3 is 12.1 Å². The number of aliphatic hydroxyl groups is 2. The van der Waals surface area contributed by atoms with Crippen molar-refractivity contribution in [1.29, 1.82) is 0 Å². The van der Waals surface area contributed by atoms with Crippen molar-refractivity contribution in [3.8, 4) is 5.75 Å². The zero-order chi connectivity index (χ0) is 32.8. The highest BCUT2D eigenvalue weighted by atomic mass is 32.2. The molecule has 3 N–H and O–H groups in total. The number of alkyl halides is 5. The van der Waals surface area contributed by atoms with Gasteiger partial charge in [0.05, 0.1) is 23.7 Å². The van der Waals surface area contributed by atoms with Crippen LogP contribution in [0, 0.1) is 28.6 Å². The first-order valence-corrected chi connectivity index (χ1v) is 18.7. The molecule has 11 heteroatoms. The summed E-state index contributed by atoms with van der Waals surface area (Å²) in [5.74, 6) is -4.59. The van der Waals surface area contributed by atoms with E-state index in [9.17, 15) is 45.7 Å². The minimum atomic E-state index is -5.67. The second-order valence-electron chi connectivity index (χ2n) is 14.8. The average molecular weight is 665 g/mol. The van der Waals surface area contributed by atoms with Gasteiger partial charge in [-0.2, -0.15) is 22.0 Å². The number of aromatic hydroxyl groups is 1. The number of hydrogen-bond donors (Lipinski definition) is 3. The van der Waals surface area contributed by atoms with Gasteiger partial charge in [-0.3, -0.25) is 0 Å². The van der Waals surface area contributed by atoms with Gasteiger partial charge in [0, 0.05) is 11.8 Å². The van der Waals surface area contributed by atoms with Crippen LogP contribution in [0.25, 0.3) is 0 Å². The number of aliphatic hydroxyl groups excluding tert-OH is 2. The summed E-state index contributed by atoms with van der Waals surface area (Å²) >= 11 is 0. The summed E-state index contributed by atoms with van der Waals surface area (Å²) in [7, 11) is -3.68. The molecule has 1 spiro atoms. The summed E-state index contributed by atoms with van der Waals surface area (Å²) in [4.78, 5) is 0. The van der Waals surface area contributed by atoms with E-state index in [-0.39, 0.29) is 40.3 Å². The molecule has 45 heavy (non-hydrogen) atoms. The molecule has 3 unspecified atom stereocenters. The topological polar surface area (TPSA) is 94.8 Å². The maximum absolute atomic E-state index is 13.0. The summed E-state index contributed by atoms with van der Waals surface area (Å²) in [6.07, 6.45) is 2.67. The van der Waals surface area contributed by atoms with Crippen LogP contribution in [0.2, 0.25) is 0 Å². The molecule has 256 valence electrons. The summed E-state index contributed by atoms with van der Waals surface area (Å²) in [5.41, 5.74) is 2.11. The second-order valence-corrected chi connectivity index (χ2v) is 17.1. The number of sulfone groups is 1. The number of phenols is 1. The van der Waals surface area contributed by atoms with Crippen molar-refractivity contribution in [3.63, 3.8) is 0 Å². The van der Waals surface area contributed by atoms with E-state index in [1.807, 2.05) is 6.07 Å². The Morgan fingerprint density at radius 3 is 2.13 bits per heavy atom. The van der Waals surface area contributed by atoms with Crippen molar-refractivity contribution in [2.45, 2.75) is 133 Å². The fraction of sp³-hybridized carbons (Fsp3) is 0.824. The van der Waals surface area contributed by atoms with Gasteiger partial charge in [-0.25, -0.2) is 8.42 Å². The van der Waals surface area contributed by atoms with Crippen LogP contribution in [0.3, 0.4) is 0 Å². The molecule has 5 nitrogen and oxygen atoms in total. The third kappa shape index (κ3) is 6.78. The zero-order valence-corrected chi connectivity index (χ0v) is 27.0. The maximum atomic E-state index is 13.0. The van der Waals surface area contributed by atoms with Gasteiger partial charge in [0.25, 0.3) is 0 Å². The number of fused-ring (bicyclic) bond motifs is 6. The molecule has 0 heterocycles. The van der Waals surface area contributed by atoms with Crippen LogP contribution in [0.4, 0.5) is 22.0 Å². The zero-order valence-electron chi connectivity index (χ0n) is 26.2. The molecular formula is C34H49F5O5S. The molecular weight excluding hydrogens is 615 g/mol. The van der Waals surface area contributed by atoms with E-state index in [1.54, 1.807) is 12.1 Å². The lowest BCUT2D eigenvalue weighted by Gasteiger charge is -2.55. The van der Waals surface area contributed by atoms with E-state index < -0.39 is 46.6 Å². The number of unbranched alkanes of at least 4 members (excludes halogenated alkanes) is 6. The van der Waals surface area contributed by atoms with Crippen LogP contribution >= 0.6 is 0 Å². The van der Waals surface area contributed by atoms with E-state index in [2.05, 4.69) is 6.92 Å².